The van der Waals surface area contributed by atoms with E-state index in [0.717, 1.165) is 11.4 Å². The van der Waals surface area contributed by atoms with Gasteiger partial charge in [0, 0.05) is 44.5 Å². The van der Waals surface area contributed by atoms with Crippen molar-refractivity contribution < 1.29 is 22.8 Å². The fourth-order valence-electron chi connectivity index (χ4n) is 6.33. The number of nitrogens with zero attached hydrogens (tertiary/aromatic N) is 5. The van der Waals surface area contributed by atoms with Crippen molar-refractivity contribution in [3.05, 3.63) is 0 Å². The summed E-state index contributed by atoms with van der Waals surface area (Å²) >= 11 is 0. The van der Waals surface area contributed by atoms with Crippen molar-refractivity contribution in [2.45, 2.75) is 63.5 Å². The van der Waals surface area contributed by atoms with Crippen molar-refractivity contribution in [3.8, 4) is 0 Å². The maximum absolute atomic E-state index is 13.6. The van der Waals surface area contributed by atoms with E-state index in [0.29, 0.717) is 13.0 Å². The largest absolute Gasteiger partial charge is 0.407 e. The number of alkyl halides is 3. The van der Waals surface area contributed by atoms with Gasteiger partial charge in [-0.1, -0.05) is 6.92 Å². The Morgan fingerprint density at radius 3 is 2.62 bits per heavy atom. The lowest BCUT2D eigenvalue weighted by Gasteiger charge is -2.45. The second kappa shape index (κ2) is 8.80. The van der Waals surface area contributed by atoms with Crippen molar-refractivity contribution in [2.75, 3.05) is 33.7 Å². The third kappa shape index (κ3) is 4.55. The van der Waals surface area contributed by atoms with Gasteiger partial charge in [-0.25, -0.2) is 0 Å². The van der Waals surface area contributed by atoms with Crippen LogP contribution in [0.2, 0.25) is 0 Å². The van der Waals surface area contributed by atoms with Crippen LogP contribution in [-0.4, -0.2) is 103 Å². The van der Waals surface area contributed by atoms with Crippen LogP contribution < -0.4 is 5.32 Å². The van der Waals surface area contributed by atoms with Gasteiger partial charge in [0.25, 0.3) is 0 Å². The third-order valence-electron chi connectivity index (χ3n) is 7.88. The summed E-state index contributed by atoms with van der Waals surface area (Å²) in [6.45, 7) is 5.44. The first-order valence-electron chi connectivity index (χ1n) is 12.0. The standard InChI is InChI=1S/C23H35F3N6O2/c1-13-6-17(14-7-15(9-27-8-14)20(33)30(4)5)29-19-18(13)21(34)32(22(19,2)3)16-10-28-31(11-16)12-23(24,25)26/h8,10,13-19,29H,6-7,9,11-12H2,1-5H3. The average molecular weight is 485 g/mol. The number of halogens is 3. The predicted molar refractivity (Wildman–Crippen MR) is 122 cm³/mol. The van der Waals surface area contributed by atoms with Gasteiger partial charge in [0.1, 0.15) is 6.54 Å². The minimum Gasteiger partial charge on any atom is -0.349 e. The number of likely N-dealkylation sites (tertiary alicyclic amines) is 1. The lowest BCUT2D eigenvalue weighted by Crippen LogP contribution is -2.61. The molecular weight excluding hydrogens is 449 g/mol. The molecule has 0 aromatic heterocycles. The topological polar surface area (TPSA) is 80.6 Å². The van der Waals surface area contributed by atoms with Gasteiger partial charge in [-0.3, -0.25) is 19.6 Å². The van der Waals surface area contributed by atoms with Crippen LogP contribution in [0.5, 0.6) is 0 Å². The summed E-state index contributed by atoms with van der Waals surface area (Å²) < 4.78 is 38.5. The second-order valence-electron chi connectivity index (χ2n) is 11.0. The highest BCUT2D eigenvalue weighted by Gasteiger charge is 2.59. The SMILES string of the molecule is CC1CC(C2C=NCC(C(=O)N(C)C)C2)NC2C1C(=O)N(C1C=NN(CC(F)(F)F)C1)C2(C)C. The fourth-order valence-corrected chi connectivity index (χ4v) is 6.33. The first kappa shape index (κ1) is 24.9. The van der Waals surface area contributed by atoms with E-state index in [1.807, 2.05) is 20.1 Å². The molecule has 34 heavy (non-hydrogen) atoms. The summed E-state index contributed by atoms with van der Waals surface area (Å²) in [7, 11) is 3.51. The first-order chi connectivity index (χ1) is 15.8. The number of hydrazone groups is 1. The Morgan fingerprint density at radius 1 is 1.26 bits per heavy atom. The Bertz CT molecular complexity index is 873. The molecule has 4 heterocycles. The van der Waals surface area contributed by atoms with E-state index in [1.54, 1.807) is 23.9 Å². The number of carbonyl (C=O) groups excluding carboxylic acids is 2. The summed E-state index contributed by atoms with van der Waals surface area (Å²) in [5.74, 6) is -0.177. The molecule has 7 unspecified atom stereocenters. The van der Waals surface area contributed by atoms with Gasteiger partial charge < -0.3 is 15.1 Å². The highest BCUT2D eigenvalue weighted by atomic mass is 19.4. The van der Waals surface area contributed by atoms with Crippen molar-refractivity contribution in [3.63, 3.8) is 0 Å². The lowest BCUT2D eigenvalue weighted by molar-refractivity contribution is -0.146. The van der Waals surface area contributed by atoms with E-state index in [-0.39, 0.29) is 54.1 Å². The van der Waals surface area contributed by atoms with Crippen LogP contribution in [0.25, 0.3) is 0 Å². The third-order valence-corrected chi connectivity index (χ3v) is 7.88. The molecule has 0 aromatic carbocycles. The van der Waals surface area contributed by atoms with Gasteiger partial charge in [0.2, 0.25) is 11.8 Å². The van der Waals surface area contributed by atoms with Crippen LogP contribution >= 0.6 is 0 Å². The Kier molecular flexibility index (Phi) is 6.46. The quantitative estimate of drug-likeness (QED) is 0.658. The molecule has 2 saturated heterocycles. The van der Waals surface area contributed by atoms with E-state index in [4.69, 9.17) is 0 Å². The highest BCUT2D eigenvalue weighted by molar-refractivity contribution is 5.88. The van der Waals surface area contributed by atoms with E-state index in [9.17, 15) is 22.8 Å². The normalized spacial score (nSPS) is 37.3. The molecule has 2 amide bonds. The van der Waals surface area contributed by atoms with Crippen LogP contribution in [0.3, 0.4) is 0 Å². The molecule has 0 spiro atoms. The number of nitrogens with one attached hydrogen (secondary N) is 1. The zero-order chi connectivity index (χ0) is 25.0. The molecule has 4 aliphatic rings. The van der Waals surface area contributed by atoms with E-state index >= 15 is 0 Å². The lowest BCUT2D eigenvalue weighted by atomic mass is 9.72. The highest BCUT2D eigenvalue weighted by Crippen LogP contribution is 2.45. The Morgan fingerprint density at radius 2 is 1.97 bits per heavy atom. The maximum atomic E-state index is 13.6. The van der Waals surface area contributed by atoms with Gasteiger partial charge in [-0.05, 0) is 32.6 Å². The minimum absolute atomic E-state index is 0.0308. The molecule has 4 rings (SSSR count). The monoisotopic (exact) mass is 484 g/mol. The Balaban J connectivity index is 1.49. The summed E-state index contributed by atoms with van der Waals surface area (Å²) in [4.78, 5) is 33.9. The molecule has 0 aliphatic carbocycles. The Hall–Kier alpha value is -2.17. The number of piperidine rings is 1. The zero-order valence-electron chi connectivity index (χ0n) is 20.4. The van der Waals surface area contributed by atoms with E-state index in [1.165, 1.54) is 6.21 Å². The molecule has 1 N–H and O–H groups in total. The number of fused-ring (bicyclic) bond motifs is 1. The van der Waals surface area contributed by atoms with Crippen LogP contribution in [0.4, 0.5) is 13.2 Å². The van der Waals surface area contributed by atoms with Crippen molar-refractivity contribution >= 4 is 24.2 Å². The second-order valence-corrected chi connectivity index (χ2v) is 11.0. The van der Waals surface area contributed by atoms with Crippen LogP contribution in [-0.2, 0) is 9.59 Å². The zero-order valence-corrected chi connectivity index (χ0v) is 20.4. The van der Waals surface area contributed by atoms with Gasteiger partial charge in [0.15, 0.2) is 0 Å². The van der Waals surface area contributed by atoms with Gasteiger partial charge in [-0.15, -0.1) is 0 Å². The summed E-state index contributed by atoms with van der Waals surface area (Å²) in [6.07, 6.45) is 0.555. The average Bonchev–Trinajstić information content (AvgIpc) is 3.25. The molecule has 190 valence electrons. The number of hydrogen-bond donors (Lipinski definition) is 1. The molecule has 2 fully saturated rings. The molecule has 8 nitrogen and oxygen atoms in total. The van der Waals surface area contributed by atoms with Crippen LogP contribution in [0, 0.1) is 23.7 Å². The number of rotatable bonds is 4. The summed E-state index contributed by atoms with van der Waals surface area (Å²) in [5.41, 5.74) is -0.607. The van der Waals surface area contributed by atoms with Crippen molar-refractivity contribution in [1.82, 2.24) is 20.1 Å². The van der Waals surface area contributed by atoms with Gasteiger partial charge in [-0.2, -0.15) is 18.3 Å². The van der Waals surface area contributed by atoms with Crippen LogP contribution in [0.1, 0.15) is 33.6 Å². The fraction of sp³-hybridized carbons (Fsp3) is 0.826. The van der Waals surface area contributed by atoms with E-state index < -0.39 is 24.3 Å². The Labute approximate surface area is 198 Å². The molecule has 0 aromatic rings. The first-order valence-corrected chi connectivity index (χ1v) is 12.0. The predicted octanol–water partition coefficient (Wildman–Crippen LogP) is 1.62. The van der Waals surface area contributed by atoms with Crippen LogP contribution in [0.15, 0.2) is 10.1 Å². The number of aliphatic imine (C=N–C) groups is 1. The molecular formula is C23H35F3N6O2. The van der Waals surface area contributed by atoms with Crippen molar-refractivity contribution in [2.24, 2.45) is 33.8 Å². The van der Waals surface area contributed by atoms with Crippen molar-refractivity contribution in [1.29, 1.82) is 0 Å². The molecule has 11 heteroatoms. The minimum atomic E-state index is -4.35. The molecule has 0 saturated carbocycles. The number of amides is 2. The number of carbonyl (C=O) groups is 2. The maximum Gasteiger partial charge on any atom is 0.407 e. The smallest absolute Gasteiger partial charge is 0.349 e. The van der Waals surface area contributed by atoms with Gasteiger partial charge in [0.05, 0.1) is 36.5 Å². The molecule has 0 bridgehead atoms. The molecule has 0 radical (unpaired) electrons. The molecule has 7 atom stereocenters. The molecule has 4 aliphatic heterocycles. The number of hydrogen-bond acceptors (Lipinski definition) is 6. The summed E-state index contributed by atoms with van der Waals surface area (Å²) in [5, 5.41) is 8.62. The van der Waals surface area contributed by atoms with Gasteiger partial charge >= 0.3 is 6.18 Å². The van der Waals surface area contributed by atoms with E-state index in [2.05, 4.69) is 22.3 Å². The summed E-state index contributed by atoms with van der Waals surface area (Å²) in [6, 6.07) is -0.581.